The maximum absolute atomic E-state index is 6.59. The van der Waals surface area contributed by atoms with Crippen LogP contribution >= 0.6 is 0 Å². The first kappa shape index (κ1) is 44.1. The zero-order chi connectivity index (χ0) is 49.2. The topological polar surface area (TPSA) is 32.8 Å². The van der Waals surface area contributed by atoms with Gasteiger partial charge in [-0.3, -0.25) is 0 Å². The first-order valence-corrected chi connectivity index (χ1v) is 25.0. The van der Waals surface area contributed by atoms with Crippen molar-refractivity contribution in [3.63, 3.8) is 0 Å². The molecule has 0 aliphatic heterocycles. The number of furan rings is 2. The summed E-state index contributed by atoms with van der Waals surface area (Å²) in [4.78, 5) is 4.60. The van der Waals surface area contributed by atoms with Crippen LogP contribution in [-0.2, 0) is 0 Å². The predicted octanol–water partition coefficient (Wildman–Crippen LogP) is 20.1. The molecule has 0 fully saturated rings. The number of hydrogen-bond acceptors (Lipinski definition) is 4. The third-order valence-corrected chi connectivity index (χ3v) is 13.9. The highest BCUT2D eigenvalue weighted by Gasteiger charge is 2.18. The molecular weight excluding hydrogens is 901 g/mol. The van der Waals surface area contributed by atoms with E-state index in [4.69, 9.17) is 8.83 Å². The summed E-state index contributed by atoms with van der Waals surface area (Å²) in [5.74, 6) is 1.60. The summed E-state index contributed by atoms with van der Waals surface area (Å²) in [6.45, 7) is 0. The molecule has 0 aliphatic carbocycles. The fourth-order valence-corrected chi connectivity index (χ4v) is 10.0. The third kappa shape index (κ3) is 8.82. The van der Waals surface area contributed by atoms with Gasteiger partial charge in [0.1, 0.15) is 22.7 Å². The van der Waals surface area contributed by atoms with E-state index < -0.39 is 0 Å². The average Bonchev–Trinajstić information content (AvgIpc) is 4.10. The standard InChI is InChI=1S/C70H48N2O2/c1-5-13-49(14-6-1)53-21-33-61(34-22-53)71(62-35-23-54(24-36-62)50-15-7-2-8-16-50)65-41-29-57(30-42-65)67-45-59-47-70-60(48-69(59)73-67)46-68(74-70)58-31-43-66(44-32-58)72(63-37-25-55(26-38-63)51-17-9-3-10-18-51)64-39-27-56(28-40-64)52-19-11-4-12-20-52/h1-48H. The van der Waals surface area contributed by atoms with Crippen LogP contribution in [0.5, 0.6) is 0 Å². The minimum Gasteiger partial charge on any atom is -0.456 e. The van der Waals surface area contributed by atoms with Gasteiger partial charge in [-0.2, -0.15) is 0 Å². The smallest absolute Gasteiger partial charge is 0.135 e. The molecule has 13 rings (SSSR count). The van der Waals surface area contributed by atoms with E-state index >= 15 is 0 Å². The summed E-state index contributed by atoms with van der Waals surface area (Å²) < 4.78 is 13.2. The minimum atomic E-state index is 0.801. The second-order valence-electron chi connectivity index (χ2n) is 18.6. The van der Waals surface area contributed by atoms with E-state index in [1.165, 1.54) is 44.5 Å². The average molecular weight is 949 g/mol. The van der Waals surface area contributed by atoms with E-state index in [0.717, 1.165) is 78.7 Å². The van der Waals surface area contributed by atoms with Gasteiger partial charge in [-0.25, -0.2) is 0 Å². The van der Waals surface area contributed by atoms with E-state index in [1.807, 2.05) is 0 Å². The highest BCUT2D eigenvalue weighted by atomic mass is 16.3. The SMILES string of the molecule is c1ccc(-c2ccc(N(c3ccc(-c4ccccc4)cc3)c3ccc(-c4cc5cc6oc(-c7ccc(N(c8ccc(-c9ccccc9)cc8)c8ccc(-c9ccccc9)cc8)cc7)cc6cc5o4)cc3)cc2)cc1. The lowest BCUT2D eigenvalue weighted by Crippen LogP contribution is -2.09. The zero-order valence-corrected chi connectivity index (χ0v) is 40.4. The van der Waals surface area contributed by atoms with Gasteiger partial charge in [-0.15, -0.1) is 0 Å². The van der Waals surface area contributed by atoms with Gasteiger partial charge in [0.15, 0.2) is 0 Å². The second-order valence-corrected chi connectivity index (χ2v) is 18.6. The Balaban J connectivity index is 0.771. The number of anilines is 6. The van der Waals surface area contributed by atoms with Crippen molar-refractivity contribution in [3.05, 3.63) is 291 Å². The van der Waals surface area contributed by atoms with Crippen LogP contribution in [0.4, 0.5) is 34.1 Å². The highest BCUT2D eigenvalue weighted by molar-refractivity contribution is 5.97. The molecule has 0 saturated carbocycles. The summed E-state index contributed by atoms with van der Waals surface area (Å²) in [5, 5.41) is 1.97. The Morgan fingerprint density at radius 1 is 0.189 bits per heavy atom. The number of nitrogens with zero attached hydrogens (tertiary/aromatic N) is 2. The van der Waals surface area contributed by atoms with Gasteiger partial charge in [-0.05, 0) is 166 Å². The summed E-state index contributed by atoms with van der Waals surface area (Å²) in [5.41, 5.74) is 19.5. The molecule has 74 heavy (non-hydrogen) atoms. The number of hydrogen-bond donors (Lipinski definition) is 0. The zero-order valence-electron chi connectivity index (χ0n) is 40.4. The Kier molecular flexibility index (Phi) is 11.5. The van der Waals surface area contributed by atoms with Crippen molar-refractivity contribution < 1.29 is 8.83 Å². The number of fused-ring (bicyclic) bond motifs is 2. The van der Waals surface area contributed by atoms with Crippen LogP contribution in [0.2, 0.25) is 0 Å². The third-order valence-electron chi connectivity index (χ3n) is 13.9. The van der Waals surface area contributed by atoms with Crippen molar-refractivity contribution in [1.29, 1.82) is 0 Å². The molecule has 0 atom stereocenters. The molecule has 350 valence electrons. The Hall–Kier alpha value is -9.90. The van der Waals surface area contributed by atoms with Crippen molar-refractivity contribution in [2.75, 3.05) is 9.80 Å². The molecule has 2 aromatic heterocycles. The molecular formula is C70H48N2O2. The first-order chi connectivity index (χ1) is 36.6. The Labute approximate surface area is 430 Å². The lowest BCUT2D eigenvalue weighted by molar-refractivity contribution is 0.627. The summed E-state index contributed by atoms with van der Waals surface area (Å²) >= 11 is 0. The molecule has 0 radical (unpaired) electrons. The van der Waals surface area contributed by atoms with Crippen LogP contribution in [0.3, 0.4) is 0 Å². The number of benzene rings is 11. The van der Waals surface area contributed by atoms with Gasteiger partial charge in [0, 0.05) is 56.0 Å². The molecule has 0 spiro atoms. The van der Waals surface area contributed by atoms with Crippen molar-refractivity contribution >= 4 is 56.1 Å². The molecule has 0 N–H and O–H groups in total. The Morgan fingerprint density at radius 3 is 0.622 bits per heavy atom. The fourth-order valence-electron chi connectivity index (χ4n) is 10.0. The Bertz CT molecular complexity index is 3500. The van der Waals surface area contributed by atoms with Gasteiger partial charge in [-0.1, -0.05) is 170 Å². The second kappa shape index (κ2) is 19.4. The van der Waals surface area contributed by atoms with Crippen LogP contribution < -0.4 is 9.80 Å². The van der Waals surface area contributed by atoms with Crippen LogP contribution in [0.15, 0.2) is 300 Å². The van der Waals surface area contributed by atoms with Gasteiger partial charge in [0.2, 0.25) is 0 Å². The van der Waals surface area contributed by atoms with E-state index in [2.05, 4.69) is 301 Å². The summed E-state index contributed by atoms with van der Waals surface area (Å²) in [7, 11) is 0. The monoisotopic (exact) mass is 948 g/mol. The normalized spacial score (nSPS) is 11.2. The van der Waals surface area contributed by atoms with Crippen molar-refractivity contribution in [2.24, 2.45) is 0 Å². The van der Waals surface area contributed by atoms with Gasteiger partial charge in [0.05, 0.1) is 0 Å². The van der Waals surface area contributed by atoms with Crippen LogP contribution in [0.25, 0.3) is 89.1 Å². The van der Waals surface area contributed by atoms with Crippen molar-refractivity contribution in [2.45, 2.75) is 0 Å². The minimum absolute atomic E-state index is 0.801. The molecule has 4 nitrogen and oxygen atoms in total. The van der Waals surface area contributed by atoms with E-state index in [-0.39, 0.29) is 0 Å². The van der Waals surface area contributed by atoms with Gasteiger partial charge >= 0.3 is 0 Å². The number of rotatable bonds is 12. The van der Waals surface area contributed by atoms with Crippen LogP contribution in [0, 0.1) is 0 Å². The maximum Gasteiger partial charge on any atom is 0.135 e. The molecule has 0 aliphatic rings. The van der Waals surface area contributed by atoms with Gasteiger partial charge in [0.25, 0.3) is 0 Å². The molecule has 13 aromatic rings. The molecule has 0 amide bonds. The quantitative estimate of drug-likeness (QED) is 0.122. The van der Waals surface area contributed by atoms with E-state index in [9.17, 15) is 0 Å². The summed E-state index contributed by atoms with van der Waals surface area (Å²) in [6, 6.07) is 103. The molecule has 11 aromatic carbocycles. The van der Waals surface area contributed by atoms with E-state index in [0.29, 0.717) is 0 Å². The first-order valence-electron chi connectivity index (χ1n) is 25.0. The van der Waals surface area contributed by atoms with Crippen molar-refractivity contribution in [3.8, 4) is 67.2 Å². The largest absolute Gasteiger partial charge is 0.456 e. The molecule has 4 heteroatoms. The lowest BCUT2D eigenvalue weighted by atomic mass is 10.0. The maximum atomic E-state index is 6.59. The van der Waals surface area contributed by atoms with Crippen LogP contribution in [0.1, 0.15) is 0 Å². The molecule has 2 heterocycles. The highest BCUT2D eigenvalue weighted by Crippen LogP contribution is 2.41. The van der Waals surface area contributed by atoms with Gasteiger partial charge < -0.3 is 18.6 Å². The Morgan fingerprint density at radius 2 is 0.392 bits per heavy atom. The predicted molar refractivity (Wildman–Crippen MR) is 308 cm³/mol. The van der Waals surface area contributed by atoms with Crippen molar-refractivity contribution in [1.82, 2.24) is 0 Å². The fraction of sp³-hybridized carbons (Fsp3) is 0. The van der Waals surface area contributed by atoms with Crippen LogP contribution in [-0.4, -0.2) is 0 Å². The van der Waals surface area contributed by atoms with E-state index in [1.54, 1.807) is 0 Å². The summed E-state index contributed by atoms with van der Waals surface area (Å²) in [6.07, 6.45) is 0. The molecule has 0 unspecified atom stereocenters. The lowest BCUT2D eigenvalue weighted by Gasteiger charge is -2.26. The molecule has 0 bridgehead atoms. The molecule has 0 saturated heterocycles.